The van der Waals surface area contributed by atoms with Gasteiger partial charge in [0.25, 0.3) is 0 Å². The highest BCUT2D eigenvalue weighted by molar-refractivity contribution is 5.87. The number of ether oxygens (including phenoxy) is 1. The molecule has 0 bridgehead atoms. The molecule has 0 saturated carbocycles. The minimum Gasteiger partial charge on any atom is -0.383 e. The van der Waals surface area contributed by atoms with Crippen molar-refractivity contribution in [2.24, 2.45) is 0 Å². The number of methoxy groups -OCH3 is 1. The highest BCUT2D eigenvalue weighted by atomic mass is 16.5. The third-order valence-corrected chi connectivity index (χ3v) is 3.90. The zero-order valence-corrected chi connectivity index (χ0v) is 13.9. The van der Waals surface area contributed by atoms with E-state index in [1.165, 1.54) is 11.1 Å². The molecule has 23 heavy (non-hydrogen) atoms. The van der Waals surface area contributed by atoms with Crippen LogP contribution in [0.1, 0.15) is 18.1 Å². The predicted molar refractivity (Wildman–Crippen MR) is 91.1 cm³/mol. The number of anilines is 1. The summed E-state index contributed by atoms with van der Waals surface area (Å²) >= 11 is 0. The highest BCUT2D eigenvalue weighted by Gasteiger charge is 2.13. The monoisotopic (exact) mass is 311 g/mol. The Morgan fingerprint density at radius 3 is 2.78 bits per heavy atom. The Hall–Kier alpha value is -2.47. The van der Waals surface area contributed by atoms with E-state index in [2.05, 4.69) is 52.4 Å². The maximum absolute atomic E-state index is 5.16. The minimum atomic E-state index is 0.156. The van der Waals surface area contributed by atoms with E-state index in [4.69, 9.17) is 4.74 Å². The fourth-order valence-corrected chi connectivity index (χ4v) is 2.53. The summed E-state index contributed by atoms with van der Waals surface area (Å²) in [5.41, 5.74) is 4.27. The first-order valence-electron chi connectivity index (χ1n) is 7.62. The largest absolute Gasteiger partial charge is 0.383 e. The summed E-state index contributed by atoms with van der Waals surface area (Å²) in [5.74, 6) is 0.773. The molecule has 0 fully saturated rings. The van der Waals surface area contributed by atoms with Gasteiger partial charge < -0.3 is 10.1 Å². The lowest BCUT2D eigenvalue weighted by Gasteiger charge is -2.13. The Bertz CT molecular complexity index is 827. The van der Waals surface area contributed by atoms with Crippen molar-refractivity contribution < 1.29 is 4.74 Å². The number of nitrogens with one attached hydrogen (secondary N) is 1. The Labute approximate surface area is 135 Å². The number of fused-ring (bicyclic) bond motifs is 1. The van der Waals surface area contributed by atoms with Gasteiger partial charge in [-0.3, -0.25) is 0 Å². The molecule has 2 aromatic heterocycles. The molecule has 0 aliphatic heterocycles. The quantitative estimate of drug-likeness (QED) is 0.785. The molecule has 3 aromatic rings. The van der Waals surface area contributed by atoms with Crippen LogP contribution in [0.15, 0.2) is 30.7 Å². The number of aryl methyl sites for hydroxylation is 2. The topological polar surface area (TPSA) is 64.9 Å². The standard InChI is InChI=1S/C17H21N5O/c1-11-5-6-14(7-12(11)2)22-17-15(8-20-22)16(18-10-19-17)21-13(3)9-23-4/h5-8,10,13H,9H2,1-4H3,(H,18,19,21)/t13-/m1/s1. The van der Waals surface area contributed by atoms with Crippen molar-refractivity contribution in [1.29, 1.82) is 0 Å². The molecule has 6 heteroatoms. The molecule has 1 N–H and O–H groups in total. The van der Waals surface area contributed by atoms with Crippen LogP contribution in [0.4, 0.5) is 5.82 Å². The fraction of sp³-hybridized carbons (Fsp3) is 0.353. The second kappa shape index (κ2) is 6.34. The number of rotatable bonds is 5. The van der Waals surface area contributed by atoms with Gasteiger partial charge in [-0.1, -0.05) is 6.07 Å². The van der Waals surface area contributed by atoms with Gasteiger partial charge in [0.05, 0.1) is 23.9 Å². The van der Waals surface area contributed by atoms with Crippen molar-refractivity contribution in [3.8, 4) is 5.69 Å². The normalized spacial score (nSPS) is 12.5. The number of hydrogen-bond acceptors (Lipinski definition) is 5. The zero-order chi connectivity index (χ0) is 16.4. The number of aromatic nitrogens is 4. The van der Waals surface area contributed by atoms with Crippen LogP contribution >= 0.6 is 0 Å². The van der Waals surface area contributed by atoms with Gasteiger partial charge in [0.1, 0.15) is 12.1 Å². The van der Waals surface area contributed by atoms with Gasteiger partial charge in [-0.2, -0.15) is 5.10 Å². The number of hydrogen-bond donors (Lipinski definition) is 1. The van der Waals surface area contributed by atoms with Gasteiger partial charge in [-0.15, -0.1) is 0 Å². The SMILES string of the molecule is COC[C@@H](C)Nc1ncnc2c1cnn2-c1ccc(C)c(C)c1. The lowest BCUT2D eigenvalue weighted by atomic mass is 10.1. The Balaban J connectivity index is 2.02. The number of nitrogens with zero attached hydrogens (tertiary/aromatic N) is 4. The number of benzene rings is 1. The molecule has 0 unspecified atom stereocenters. The maximum Gasteiger partial charge on any atom is 0.168 e. The second-order valence-corrected chi connectivity index (χ2v) is 5.79. The molecule has 0 amide bonds. The average molecular weight is 311 g/mol. The molecular weight excluding hydrogens is 290 g/mol. The zero-order valence-electron chi connectivity index (χ0n) is 13.9. The first-order chi connectivity index (χ1) is 11.1. The van der Waals surface area contributed by atoms with E-state index < -0.39 is 0 Å². The van der Waals surface area contributed by atoms with Crippen molar-refractivity contribution in [3.63, 3.8) is 0 Å². The summed E-state index contributed by atoms with van der Waals surface area (Å²) in [6, 6.07) is 6.42. The van der Waals surface area contributed by atoms with Crippen LogP contribution < -0.4 is 5.32 Å². The first-order valence-corrected chi connectivity index (χ1v) is 7.62. The van der Waals surface area contributed by atoms with Gasteiger partial charge in [0.2, 0.25) is 0 Å². The molecule has 1 atom stereocenters. The van der Waals surface area contributed by atoms with Crippen molar-refractivity contribution in [3.05, 3.63) is 41.9 Å². The molecule has 0 aliphatic carbocycles. The second-order valence-electron chi connectivity index (χ2n) is 5.79. The van der Waals surface area contributed by atoms with Crippen LogP contribution in [0.25, 0.3) is 16.7 Å². The Kier molecular flexibility index (Phi) is 4.25. The van der Waals surface area contributed by atoms with E-state index in [1.54, 1.807) is 19.6 Å². The lowest BCUT2D eigenvalue weighted by Crippen LogP contribution is -2.21. The first kappa shape index (κ1) is 15.4. The van der Waals surface area contributed by atoms with Crippen LogP contribution in [0.3, 0.4) is 0 Å². The molecule has 120 valence electrons. The van der Waals surface area contributed by atoms with Gasteiger partial charge in [-0.05, 0) is 44.0 Å². The van der Waals surface area contributed by atoms with E-state index in [9.17, 15) is 0 Å². The maximum atomic E-state index is 5.16. The predicted octanol–water partition coefficient (Wildman–Crippen LogP) is 2.88. The summed E-state index contributed by atoms with van der Waals surface area (Å²) in [5, 5.41) is 8.73. The van der Waals surface area contributed by atoms with Crippen molar-refractivity contribution >= 4 is 16.9 Å². The third-order valence-electron chi connectivity index (χ3n) is 3.90. The molecule has 6 nitrogen and oxygen atoms in total. The van der Waals surface area contributed by atoms with E-state index in [0.717, 1.165) is 22.5 Å². The van der Waals surface area contributed by atoms with Crippen molar-refractivity contribution in [2.75, 3.05) is 19.0 Å². The van der Waals surface area contributed by atoms with Gasteiger partial charge >= 0.3 is 0 Å². The molecular formula is C17H21N5O. The molecule has 0 radical (unpaired) electrons. The Morgan fingerprint density at radius 1 is 1.22 bits per heavy atom. The summed E-state index contributed by atoms with van der Waals surface area (Å²) in [4.78, 5) is 8.74. The Morgan fingerprint density at radius 2 is 2.04 bits per heavy atom. The van der Waals surface area contributed by atoms with Crippen LogP contribution in [0.2, 0.25) is 0 Å². The van der Waals surface area contributed by atoms with Crippen molar-refractivity contribution in [1.82, 2.24) is 19.7 Å². The molecule has 0 spiro atoms. The van der Waals surface area contributed by atoms with Crippen LogP contribution in [0, 0.1) is 13.8 Å². The van der Waals surface area contributed by atoms with Crippen LogP contribution in [0.5, 0.6) is 0 Å². The van der Waals surface area contributed by atoms with E-state index in [1.807, 2.05) is 11.6 Å². The van der Waals surface area contributed by atoms with E-state index >= 15 is 0 Å². The smallest absolute Gasteiger partial charge is 0.168 e. The highest BCUT2D eigenvalue weighted by Crippen LogP contribution is 2.23. The summed E-state index contributed by atoms with van der Waals surface area (Å²) in [6.07, 6.45) is 3.36. The van der Waals surface area contributed by atoms with Gasteiger partial charge in [0, 0.05) is 13.2 Å². The van der Waals surface area contributed by atoms with Crippen molar-refractivity contribution in [2.45, 2.75) is 26.8 Å². The third kappa shape index (κ3) is 3.03. The van der Waals surface area contributed by atoms with E-state index in [-0.39, 0.29) is 6.04 Å². The minimum absolute atomic E-state index is 0.156. The fourth-order valence-electron chi connectivity index (χ4n) is 2.53. The molecule has 1 aromatic carbocycles. The van der Waals surface area contributed by atoms with E-state index in [0.29, 0.717) is 6.61 Å². The van der Waals surface area contributed by atoms with Gasteiger partial charge in [-0.25, -0.2) is 14.6 Å². The van der Waals surface area contributed by atoms with Gasteiger partial charge in [0.15, 0.2) is 5.65 Å². The molecule has 0 aliphatic rings. The summed E-state index contributed by atoms with van der Waals surface area (Å²) < 4.78 is 7.00. The molecule has 3 rings (SSSR count). The molecule has 0 saturated heterocycles. The van der Waals surface area contributed by atoms with Crippen LogP contribution in [-0.4, -0.2) is 39.5 Å². The summed E-state index contributed by atoms with van der Waals surface area (Å²) in [7, 11) is 1.69. The summed E-state index contributed by atoms with van der Waals surface area (Å²) in [6.45, 7) is 6.85. The lowest BCUT2D eigenvalue weighted by molar-refractivity contribution is 0.190. The molecule has 2 heterocycles. The average Bonchev–Trinajstić information content (AvgIpc) is 2.95. The van der Waals surface area contributed by atoms with Crippen LogP contribution in [-0.2, 0) is 4.74 Å².